The number of methoxy groups -OCH3 is 1. The van der Waals surface area contributed by atoms with Gasteiger partial charge in [-0.05, 0) is 37.5 Å². The molecule has 114 valence electrons. The molecule has 0 amide bonds. The SMILES string of the molecule is COc1ccc(C(CN)N(CC(C)C)C(C)C)cc1Cl. The van der Waals surface area contributed by atoms with Crippen molar-refractivity contribution in [2.75, 3.05) is 20.2 Å². The molecule has 1 rings (SSSR count). The first-order chi connectivity index (χ1) is 9.40. The van der Waals surface area contributed by atoms with Crippen molar-refractivity contribution in [1.29, 1.82) is 0 Å². The van der Waals surface area contributed by atoms with E-state index >= 15 is 0 Å². The van der Waals surface area contributed by atoms with Gasteiger partial charge in [0.15, 0.2) is 0 Å². The summed E-state index contributed by atoms with van der Waals surface area (Å²) in [5, 5.41) is 0.636. The van der Waals surface area contributed by atoms with Crippen LogP contribution in [0, 0.1) is 5.92 Å². The van der Waals surface area contributed by atoms with Crippen LogP contribution in [0.2, 0.25) is 5.02 Å². The molecular weight excluding hydrogens is 272 g/mol. The van der Waals surface area contributed by atoms with Gasteiger partial charge in [-0.3, -0.25) is 4.90 Å². The largest absolute Gasteiger partial charge is 0.495 e. The molecule has 0 radical (unpaired) electrons. The number of hydrogen-bond acceptors (Lipinski definition) is 3. The van der Waals surface area contributed by atoms with Crippen LogP contribution in [0.15, 0.2) is 18.2 Å². The summed E-state index contributed by atoms with van der Waals surface area (Å²) in [6.45, 7) is 10.5. The maximum atomic E-state index is 6.24. The first kappa shape index (κ1) is 17.3. The van der Waals surface area contributed by atoms with E-state index < -0.39 is 0 Å². The monoisotopic (exact) mass is 298 g/mol. The van der Waals surface area contributed by atoms with Crippen LogP contribution >= 0.6 is 11.6 Å². The van der Waals surface area contributed by atoms with Gasteiger partial charge in [-0.1, -0.05) is 31.5 Å². The zero-order chi connectivity index (χ0) is 15.3. The van der Waals surface area contributed by atoms with Crippen LogP contribution in [0.4, 0.5) is 0 Å². The van der Waals surface area contributed by atoms with Crippen LogP contribution in [0.25, 0.3) is 0 Å². The lowest BCUT2D eigenvalue weighted by atomic mass is 10.0. The van der Waals surface area contributed by atoms with Gasteiger partial charge in [0.25, 0.3) is 0 Å². The van der Waals surface area contributed by atoms with Crippen LogP contribution in [0.5, 0.6) is 5.75 Å². The van der Waals surface area contributed by atoms with Gasteiger partial charge in [0.2, 0.25) is 0 Å². The molecule has 20 heavy (non-hydrogen) atoms. The normalized spacial score (nSPS) is 13.3. The highest BCUT2D eigenvalue weighted by molar-refractivity contribution is 6.32. The molecule has 1 aromatic carbocycles. The van der Waals surface area contributed by atoms with Gasteiger partial charge >= 0.3 is 0 Å². The Morgan fingerprint density at radius 2 is 1.90 bits per heavy atom. The molecule has 0 fully saturated rings. The average Bonchev–Trinajstić information content (AvgIpc) is 2.38. The first-order valence-corrected chi connectivity index (χ1v) is 7.57. The van der Waals surface area contributed by atoms with E-state index in [0.29, 0.717) is 29.3 Å². The van der Waals surface area contributed by atoms with Crippen molar-refractivity contribution in [1.82, 2.24) is 4.90 Å². The van der Waals surface area contributed by atoms with Gasteiger partial charge in [0, 0.05) is 25.2 Å². The number of ether oxygens (including phenoxy) is 1. The summed E-state index contributed by atoms with van der Waals surface area (Å²) in [6.07, 6.45) is 0. The summed E-state index contributed by atoms with van der Waals surface area (Å²) in [7, 11) is 1.63. The molecule has 0 aliphatic heterocycles. The predicted octanol–water partition coefficient (Wildman–Crippen LogP) is 3.71. The quantitative estimate of drug-likeness (QED) is 0.834. The first-order valence-electron chi connectivity index (χ1n) is 7.19. The van der Waals surface area contributed by atoms with Crippen molar-refractivity contribution in [2.24, 2.45) is 11.7 Å². The molecule has 0 bridgehead atoms. The van der Waals surface area contributed by atoms with E-state index in [4.69, 9.17) is 22.1 Å². The molecule has 1 atom stereocenters. The van der Waals surface area contributed by atoms with Gasteiger partial charge in [0.05, 0.1) is 12.1 Å². The Kier molecular flexibility index (Phi) is 6.80. The Morgan fingerprint density at radius 1 is 1.25 bits per heavy atom. The van der Waals surface area contributed by atoms with Gasteiger partial charge < -0.3 is 10.5 Å². The molecule has 4 heteroatoms. The lowest BCUT2D eigenvalue weighted by molar-refractivity contribution is 0.138. The minimum Gasteiger partial charge on any atom is -0.495 e. The lowest BCUT2D eigenvalue weighted by Crippen LogP contribution is -2.40. The molecule has 0 heterocycles. The van der Waals surface area contributed by atoms with Crippen molar-refractivity contribution in [3.05, 3.63) is 28.8 Å². The summed E-state index contributed by atoms with van der Waals surface area (Å²) < 4.78 is 5.21. The van der Waals surface area contributed by atoms with E-state index in [1.54, 1.807) is 7.11 Å². The Balaban J connectivity index is 3.06. The molecule has 3 nitrogen and oxygen atoms in total. The Hall–Kier alpha value is -0.770. The van der Waals surface area contributed by atoms with E-state index in [0.717, 1.165) is 12.1 Å². The van der Waals surface area contributed by atoms with E-state index in [1.807, 2.05) is 12.1 Å². The number of benzene rings is 1. The van der Waals surface area contributed by atoms with Gasteiger partial charge in [-0.15, -0.1) is 0 Å². The second-order valence-corrected chi connectivity index (χ2v) is 6.24. The number of hydrogen-bond donors (Lipinski definition) is 1. The third-order valence-corrected chi connectivity index (χ3v) is 3.72. The van der Waals surface area contributed by atoms with Gasteiger partial charge in [-0.2, -0.15) is 0 Å². The fourth-order valence-corrected chi connectivity index (χ4v) is 2.74. The molecule has 0 saturated heterocycles. The Labute approximate surface area is 128 Å². The standard InChI is InChI=1S/C16H27ClN2O/c1-11(2)10-19(12(3)4)15(9-18)13-6-7-16(20-5)14(17)8-13/h6-8,11-12,15H,9-10,18H2,1-5H3. The third kappa shape index (κ3) is 4.37. The van der Waals surface area contributed by atoms with E-state index in [9.17, 15) is 0 Å². The van der Waals surface area contributed by atoms with E-state index in [2.05, 4.69) is 38.7 Å². The highest BCUT2D eigenvalue weighted by atomic mass is 35.5. The van der Waals surface area contributed by atoms with E-state index in [1.165, 1.54) is 0 Å². The summed E-state index contributed by atoms with van der Waals surface area (Å²) in [5.41, 5.74) is 7.17. The average molecular weight is 299 g/mol. The van der Waals surface area contributed by atoms with Crippen molar-refractivity contribution >= 4 is 11.6 Å². The second-order valence-electron chi connectivity index (χ2n) is 5.83. The predicted molar refractivity (Wildman–Crippen MR) is 86.5 cm³/mol. The summed E-state index contributed by atoms with van der Waals surface area (Å²) in [5.74, 6) is 1.30. The van der Waals surface area contributed by atoms with Gasteiger partial charge in [-0.25, -0.2) is 0 Å². The fourth-order valence-electron chi connectivity index (χ4n) is 2.47. The number of rotatable bonds is 7. The minimum atomic E-state index is 0.181. The summed E-state index contributed by atoms with van der Waals surface area (Å²) in [4.78, 5) is 2.43. The van der Waals surface area contributed by atoms with Crippen LogP contribution in [-0.2, 0) is 0 Å². The highest BCUT2D eigenvalue weighted by Gasteiger charge is 2.23. The lowest BCUT2D eigenvalue weighted by Gasteiger charge is -2.36. The highest BCUT2D eigenvalue weighted by Crippen LogP contribution is 2.30. The van der Waals surface area contributed by atoms with Crippen LogP contribution in [-0.4, -0.2) is 31.1 Å². The Morgan fingerprint density at radius 3 is 2.30 bits per heavy atom. The van der Waals surface area contributed by atoms with Crippen LogP contribution in [0.3, 0.4) is 0 Å². The molecule has 0 saturated carbocycles. The molecule has 0 aliphatic carbocycles. The number of nitrogens with two attached hydrogens (primary N) is 1. The van der Waals surface area contributed by atoms with Crippen LogP contribution in [0.1, 0.15) is 39.3 Å². The molecule has 2 N–H and O–H groups in total. The molecule has 1 aromatic rings. The molecule has 0 aliphatic rings. The van der Waals surface area contributed by atoms with Gasteiger partial charge in [0.1, 0.15) is 5.75 Å². The molecule has 0 aromatic heterocycles. The minimum absolute atomic E-state index is 0.181. The maximum absolute atomic E-state index is 6.24. The topological polar surface area (TPSA) is 38.5 Å². The smallest absolute Gasteiger partial charge is 0.137 e. The van der Waals surface area contributed by atoms with Crippen molar-refractivity contribution in [3.63, 3.8) is 0 Å². The van der Waals surface area contributed by atoms with Crippen molar-refractivity contribution in [2.45, 2.75) is 39.8 Å². The third-order valence-electron chi connectivity index (χ3n) is 3.42. The molecule has 0 spiro atoms. The zero-order valence-corrected chi connectivity index (χ0v) is 13.9. The van der Waals surface area contributed by atoms with Crippen LogP contribution < -0.4 is 10.5 Å². The summed E-state index contributed by atoms with van der Waals surface area (Å²) in [6, 6.07) is 6.55. The zero-order valence-electron chi connectivity index (χ0n) is 13.2. The Bertz CT molecular complexity index is 421. The molecule has 1 unspecified atom stereocenters. The second kappa shape index (κ2) is 7.87. The molecular formula is C16H27ClN2O. The van der Waals surface area contributed by atoms with Crippen molar-refractivity contribution in [3.8, 4) is 5.75 Å². The maximum Gasteiger partial charge on any atom is 0.137 e. The number of halogens is 1. The van der Waals surface area contributed by atoms with Crippen molar-refractivity contribution < 1.29 is 4.74 Å². The van der Waals surface area contributed by atoms with E-state index in [-0.39, 0.29) is 6.04 Å². The fraction of sp³-hybridized carbons (Fsp3) is 0.625. The number of nitrogens with zero attached hydrogens (tertiary/aromatic N) is 1. The summed E-state index contributed by atoms with van der Waals surface area (Å²) >= 11 is 6.24.